The standard InChI is InChI=1S/C15H13NO/c17-14-6-7-15-12(10-14)9-13(16-15)8-11-4-2-1-3-5-11/h1-7,9-10,16-17H,8H2. The number of aromatic nitrogens is 1. The highest BCUT2D eigenvalue weighted by atomic mass is 16.3. The molecule has 0 unspecified atom stereocenters. The molecule has 0 atom stereocenters. The Morgan fingerprint density at radius 1 is 0.941 bits per heavy atom. The molecule has 1 heterocycles. The van der Waals surface area contributed by atoms with Crippen molar-refractivity contribution in [1.82, 2.24) is 4.98 Å². The van der Waals surface area contributed by atoms with Crippen molar-refractivity contribution in [3.63, 3.8) is 0 Å². The van der Waals surface area contributed by atoms with Crippen molar-refractivity contribution >= 4 is 10.9 Å². The second kappa shape index (κ2) is 3.98. The molecule has 0 aliphatic carbocycles. The van der Waals surface area contributed by atoms with Gasteiger partial charge in [0.2, 0.25) is 0 Å². The number of benzene rings is 2. The summed E-state index contributed by atoms with van der Waals surface area (Å²) in [5.41, 5.74) is 3.51. The van der Waals surface area contributed by atoms with Gasteiger partial charge in [-0.05, 0) is 29.8 Å². The molecule has 0 fully saturated rings. The molecule has 0 amide bonds. The molecule has 17 heavy (non-hydrogen) atoms. The van der Waals surface area contributed by atoms with E-state index in [9.17, 15) is 5.11 Å². The lowest BCUT2D eigenvalue weighted by molar-refractivity contribution is 0.476. The number of nitrogens with one attached hydrogen (secondary N) is 1. The second-order valence-corrected chi connectivity index (χ2v) is 4.23. The minimum Gasteiger partial charge on any atom is -0.508 e. The third kappa shape index (κ3) is 2.02. The predicted octanol–water partition coefficient (Wildman–Crippen LogP) is 3.46. The number of phenolic OH excluding ortho intramolecular Hbond substituents is 1. The summed E-state index contributed by atoms with van der Waals surface area (Å²) < 4.78 is 0. The molecule has 2 nitrogen and oxygen atoms in total. The SMILES string of the molecule is Oc1ccc2[nH]c(Cc3ccccc3)cc2c1. The monoisotopic (exact) mass is 223 g/mol. The molecule has 0 bridgehead atoms. The zero-order valence-electron chi connectivity index (χ0n) is 9.35. The first-order valence-electron chi connectivity index (χ1n) is 5.66. The lowest BCUT2D eigenvalue weighted by Gasteiger charge is -1.97. The third-order valence-electron chi connectivity index (χ3n) is 2.90. The van der Waals surface area contributed by atoms with Gasteiger partial charge in [-0.2, -0.15) is 0 Å². The Hall–Kier alpha value is -2.22. The lowest BCUT2D eigenvalue weighted by Crippen LogP contribution is -1.86. The van der Waals surface area contributed by atoms with E-state index in [2.05, 4.69) is 23.2 Å². The zero-order valence-corrected chi connectivity index (χ0v) is 9.35. The van der Waals surface area contributed by atoms with Gasteiger partial charge in [0.05, 0.1) is 0 Å². The number of aromatic amines is 1. The molecular weight excluding hydrogens is 210 g/mol. The van der Waals surface area contributed by atoms with Crippen LogP contribution in [-0.2, 0) is 6.42 Å². The number of H-pyrrole nitrogens is 1. The molecule has 3 rings (SSSR count). The lowest BCUT2D eigenvalue weighted by atomic mass is 10.1. The van der Waals surface area contributed by atoms with E-state index < -0.39 is 0 Å². The molecule has 0 radical (unpaired) electrons. The minimum atomic E-state index is 0.308. The summed E-state index contributed by atoms with van der Waals surface area (Å²) in [6, 6.07) is 17.8. The topological polar surface area (TPSA) is 36.0 Å². The van der Waals surface area contributed by atoms with E-state index in [1.807, 2.05) is 24.3 Å². The first-order valence-corrected chi connectivity index (χ1v) is 5.66. The Kier molecular flexibility index (Phi) is 2.33. The summed E-state index contributed by atoms with van der Waals surface area (Å²) in [5.74, 6) is 0.308. The van der Waals surface area contributed by atoms with Gasteiger partial charge < -0.3 is 10.1 Å². The Morgan fingerprint density at radius 3 is 2.59 bits per heavy atom. The average Bonchev–Trinajstić information content (AvgIpc) is 2.71. The molecule has 3 aromatic rings. The molecule has 2 heteroatoms. The van der Waals surface area contributed by atoms with Gasteiger partial charge in [-0.25, -0.2) is 0 Å². The van der Waals surface area contributed by atoms with E-state index in [4.69, 9.17) is 0 Å². The van der Waals surface area contributed by atoms with Crippen molar-refractivity contribution in [3.8, 4) is 5.75 Å². The Labute approximate surface area is 99.5 Å². The number of hydrogen-bond acceptors (Lipinski definition) is 1. The van der Waals surface area contributed by atoms with Gasteiger partial charge in [0.1, 0.15) is 5.75 Å². The fourth-order valence-corrected chi connectivity index (χ4v) is 2.09. The maximum Gasteiger partial charge on any atom is 0.116 e. The molecule has 0 aliphatic rings. The van der Waals surface area contributed by atoms with Crippen LogP contribution >= 0.6 is 0 Å². The van der Waals surface area contributed by atoms with E-state index >= 15 is 0 Å². The van der Waals surface area contributed by atoms with E-state index in [0.29, 0.717) is 5.75 Å². The van der Waals surface area contributed by atoms with E-state index in [1.165, 1.54) is 5.56 Å². The number of aromatic hydroxyl groups is 1. The summed E-state index contributed by atoms with van der Waals surface area (Å²) in [4.78, 5) is 3.36. The summed E-state index contributed by atoms with van der Waals surface area (Å²) in [6.07, 6.45) is 0.885. The van der Waals surface area contributed by atoms with Gasteiger partial charge in [0.15, 0.2) is 0 Å². The quantitative estimate of drug-likeness (QED) is 0.685. The maximum atomic E-state index is 9.42. The van der Waals surface area contributed by atoms with Gasteiger partial charge in [0.25, 0.3) is 0 Å². The Balaban J connectivity index is 1.96. The van der Waals surface area contributed by atoms with Gasteiger partial charge >= 0.3 is 0 Å². The summed E-state index contributed by atoms with van der Waals surface area (Å²) in [6.45, 7) is 0. The Morgan fingerprint density at radius 2 is 1.76 bits per heavy atom. The van der Waals surface area contributed by atoms with Crippen LogP contribution in [0.3, 0.4) is 0 Å². The smallest absolute Gasteiger partial charge is 0.116 e. The molecule has 2 aromatic carbocycles. The van der Waals surface area contributed by atoms with Gasteiger partial charge in [-0.3, -0.25) is 0 Å². The van der Waals surface area contributed by atoms with E-state index in [1.54, 1.807) is 12.1 Å². The van der Waals surface area contributed by atoms with Gasteiger partial charge in [-0.1, -0.05) is 30.3 Å². The van der Waals surface area contributed by atoms with Crippen molar-refractivity contribution in [2.24, 2.45) is 0 Å². The average molecular weight is 223 g/mol. The van der Waals surface area contributed by atoms with Crippen LogP contribution in [0.5, 0.6) is 5.75 Å². The fraction of sp³-hybridized carbons (Fsp3) is 0.0667. The molecular formula is C15H13NO. The van der Waals surface area contributed by atoms with Crippen LogP contribution in [-0.4, -0.2) is 10.1 Å². The van der Waals surface area contributed by atoms with Crippen molar-refractivity contribution in [3.05, 3.63) is 65.9 Å². The van der Waals surface area contributed by atoms with Crippen molar-refractivity contribution in [2.45, 2.75) is 6.42 Å². The third-order valence-corrected chi connectivity index (χ3v) is 2.90. The van der Waals surface area contributed by atoms with Crippen LogP contribution in [0.2, 0.25) is 0 Å². The van der Waals surface area contributed by atoms with Crippen LogP contribution in [0, 0.1) is 0 Å². The summed E-state index contributed by atoms with van der Waals surface area (Å²) in [7, 11) is 0. The minimum absolute atomic E-state index is 0.308. The van der Waals surface area contributed by atoms with E-state index in [-0.39, 0.29) is 0 Å². The maximum absolute atomic E-state index is 9.42. The first-order chi connectivity index (χ1) is 8.31. The first kappa shape index (κ1) is 9.97. The van der Waals surface area contributed by atoms with Gasteiger partial charge in [0, 0.05) is 23.0 Å². The molecule has 1 aromatic heterocycles. The van der Waals surface area contributed by atoms with Crippen molar-refractivity contribution in [1.29, 1.82) is 0 Å². The van der Waals surface area contributed by atoms with Crippen LogP contribution in [0.1, 0.15) is 11.3 Å². The van der Waals surface area contributed by atoms with Crippen LogP contribution in [0.25, 0.3) is 10.9 Å². The molecule has 2 N–H and O–H groups in total. The highest BCUT2D eigenvalue weighted by Crippen LogP contribution is 2.21. The largest absolute Gasteiger partial charge is 0.508 e. The van der Waals surface area contributed by atoms with Gasteiger partial charge in [-0.15, -0.1) is 0 Å². The van der Waals surface area contributed by atoms with Crippen LogP contribution in [0.15, 0.2) is 54.6 Å². The highest BCUT2D eigenvalue weighted by molar-refractivity contribution is 5.81. The number of rotatable bonds is 2. The van der Waals surface area contributed by atoms with Crippen LogP contribution < -0.4 is 0 Å². The molecule has 84 valence electrons. The molecule has 0 saturated carbocycles. The fourth-order valence-electron chi connectivity index (χ4n) is 2.09. The normalized spacial score (nSPS) is 10.8. The molecule has 0 saturated heterocycles. The Bertz CT molecular complexity index is 640. The number of phenols is 1. The number of fused-ring (bicyclic) bond motifs is 1. The summed E-state index contributed by atoms with van der Waals surface area (Å²) >= 11 is 0. The molecule has 0 aliphatic heterocycles. The highest BCUT2D eigenvalue weighted by Gasteiger charge is 2.02. The zero-order chi connectivity index (χ0) is 11.7. The summed E-state index contributed by atoms with van der Waals surface area (Å²) in [5, 5.41) is 10.5. The predicted molar refractivity (Wildman–Crippen MR) is 69.2 cm³/mol. The van der Waals surface area contributed by atoms with E-state index in [0.717, 1.165) is 23.0 Å². The second-order valence-electron chi connectivity index (χ2n) is 4.23. The van der Waals surface area contributed by atoms with Crippen LogP contribution in [0.4, 0.5) is 0 Å². The molecule has 0 spiro atoms. The van der Waals surface area contributed by atoms with Crippen molar-refractivity contribution < 1.29 is 5.11 Å². The van der Waals surface area contributed by atoms with Crippen molar-refractivity contribution in [2.75, 3.05) is 0 Å². The number of hydrogen-bond donors (Lipinski definition) is 2.